The number of alkyl halides is 3. The van der Waals surface area contributed by atoms with Crippen molar-refractivity contribution < 1.29 is 27.9 Å². The molecule has 1 atom stereocenters. The van der Waals surface area contributed by atoms with Crippen LogP contribution in [0.25, 0.3) is 0 Å². The predicted molar refractivity (Wildman–Crippen MR) is 88.2 cm³/mol. The number of hydrogen-bond donors (Lipinski definition) is 2. The molecule has 0 heterocycles. The second kappa shape index (κ2) is 7.69. The first-order valence-corrected chi connectivity index (χ1v) is 7.92. The van der Waals surface area contributed by atoms with Gasteiger partial charge in [-0.3, -0.25) is 4.79 Å². The van der Waals surface area contributed by atoms with E-state index in [1.807, 2.05) is 0 Å². The van der Waals surface area contributed by atoms with Gasteiger partial charge in [0.25, 0.3) is 5.91 Å². The van der Waals surface area contributed by atoms with E-state index in [1.165, 1.54) is 6.07 Å². The van der Waals surface area contributed by atoms with Gasteiger partial charge in [-0.2, -0.15) is 13.2 Å². The van der Waals surface area contributed by atoms with Crippen molar-refractivity contribution >= 4 is 27.8 Å². The molecule has 2 rings (SSSR count). The molecule has 0 aliphatic carbocycles. The molecule has 0 aliphatic rings. The molecule has 132 valence electrons. The summed E-state index contributed by atoms with van der Waals surface area (Å²) in [7, 11) is 0. The third kappa shape index (κ3) is 5.06. The third-order valence-electron chi connectivity index (χ3n) is 3.43. The molecule has 0 bridgehead atoms. The monoisotopic (exact) mass is 415 g/mol. The Balaban J connectivity index is 2.21. The number of rotatable bonds is 5. The summed E-state index contributed by atoms with van der Waals surface area (Å²) >= 11 is 3.25. The second-order valence-electron chi connectivity index (χ2n) is 5.24. The average molecular weight is 416 g/mol. The molecular weight excluding hydrogens is 403 g/mol. The van der Waals surface area contributed by atoms with E-state index in [1.54, 1.807) is 24.3 Å². The maximum atomic E-state index is 13.0. The Labute approximate surface area is 149 Å². The minimum atomic E-state index is -4.71. The number of benzene rings is 2. The lowest BCUT2D eigenvalue weighted by Crippen LogP contribution is -2.42. The van der Waals surface area contributed by atoms with E-state index in [4.69, 9.17) is 0 Å². The van der Waals surface area contributed by atoms with Crippen LogP contribution in [0.15, 0.2) is 53.0 Å². The highest BCUT2D eigenvalue weighted by Gasteiger charge is 2.35. The van der Waals surface area contributed by atoms with Crippen LogP contribution in [0.5, 0.6) is 0 Å². The highest BCUT2D eigenvalue weighted by molar-refractivity contribution is 9.10. The van der Waals surface area contributed by atoms with Crippen molar-refractivity contribution in [1.29, 1.82) is 0 Å². The second-order valence-corrected chi connectivity index (χ2v) is 6.15. The van der Waals surface area contributed by atoms with Gasteiger partial charge in [-0.15, -0.1) is 0 Å². The van der Waals surface area contributed by atoms with Crippen molar-refractivity contribution in [2.45, 2.75) is 18.6 Å². The van der Waals surface area contributed by atoms with Gasteiger partial charge >= 0.3 is 12.1 Å². The van der Waals surface area contributed by atoms with Gasteiger partial charge < -0.3 is 10.4 Å². The lowest BCUT2D eigenvalue weighted by Gasteiger charge is -2.17. The van der Waals surface area contributed by atoms with Crippen molar-refractivity contribution in [3.05, 3.63) is 69.7 Å². The van der Waals surface area contributed by atoms with Gasteiger partial charge in [-0.1, -0.05) is 40.2 Å². The van der Waals surface area contributed by atoms with Gasteiger partial charge in [0, 0.05) is 10.9 Å². The number of aliphatic carboxylic acids is 1. The van der Waals surface area contributed by atoms with Crippen molar-refractivity contribution in [3.63, 3.8) is 0 Å². The van der Waals surface area contributed by atoms with E-state index in [2.05, 4.69) is 21.2 Å². The Kier molecular flexibility index (Phi) is 5.84. The molecule has 2 aromatic carbocycles. The van der Waals surface area contributed by atoms with Crippen LogP contribution in [0.2, 0.25) is 0 Å². The minimum absolute atomic E-state index is 0.0530. The topological polar surface area (TPSA) is 66.4 Å². The Bertz CT molecular complexity index is 775. The maximum absolute atomic E-state index is 13.0. The van der Waals surface area contributed by atoms with E-state index in [9.17, 15) is 27.9 Å². The van der Waals surface area contributed by atoms with Crippen LogP contribution in [-0.4, -0.2) is 23.0 Å². The Morgan fingerprint density at radius 1 is 1.08 bits per heavy atom. The zero-order valence-corrected chi connectivity index (χ0v) is 14.3. The number of carboxylic acid groups (broad SMARTS) is 1. The van der Waals surface area contributed by atoms with Crippen molar-refractivity contribution in [2.75, 3.05) is 0 Å². The molecule has 2 N–H and O–H groups in total. The largest absolute Gasteiger partial charge is 0.480 e. The summed E-state index contributed by atoms with van der Waals surface area (Å²) in [6.07, 6.45) is -4.76. The molecular formula is C17H13BrF3NO3. The maximum Gasteiger partial charge on any atom is 0.417 e. The molecule has 0 aliphatic heterocycles. The van der Waals surface area contributed by atoms with Crippen LogP contribution in [0, 0.1) is 0 Å². The minimum Gasteiger partial charge on any atom is -0.480 e. The molecule has 0 saturated carbocycles. The highest BCUT2D eigenvalue weighted by Crippen LogP contribution is 2.31. The zero-order chi connectivity index (χ0) is 18.6. The average Bonchev–Trinajstić information content (AvgIpc) is 2.55. The standard InChI is InChI=1S/C17H13BrF3NO3/c18-11-7-5-10(6-8-11)9-14(16(24)25)22-15(23)12-3-1-2-4-13(12)17(19,20)21/h1-8,14H,9H2,(H,22,23)(H,24,25)/t14-/m0/s1. The SMILES string of the molecule is O=C(N[C@@H](Cc1ccc(Br)cc1)C(=O)O)c1ccccc1C(F)(F)F. The summed E-state index contributed by atoms with van der Waals surface area (Å²) < 4.78 is 39.8. The summed E-state index contributed by atoms with van der Waals surface area (Å²) in [4.78, 5) is 23.6. The molecule has 0 radical (unpaired) electrons. The Hall–Kier alpha value is -2.35. The first-order chi connectivity index (χ1) is 11.7. The number of hydrogen-bond acceptors (Lipinski definition) is 2. The number of carbonyl (C=O) groups is 2. The molecule has 0 unspecified atom stereocenters. The first kappa shape index (κ1) is 19.0. The van der Waals surface area contributed by atoms with Gasteiger partial charge in [0.05, 0.1) is 11.1 Å². The van der Waals surface area contributed by atoms with Gasteiger partial charge in [0.1, 0.15) is 6.04 Å². The molecule has 25 heavy (non-hydrogen) atoms. The Morgan fingerprint density at radius 2 is 1.68 bits per heavy atom. The van der Waals surface area contributed by atoms with Crippen molar-refractivity contribution in [2.24, 2.45) is 0 Å². The van der Waals surface area contributed by atoms with E-state index >= 15 is 0 Å². The molecule has 0 aromatic heterocycles. The fourth-order valence-electron chi connectivity index (χ4n) is 2.22. The van der Waals surface area contributed by atoms with Crippen molar-refractivity contribution in [3.8, 4) is 0 Å². The third-order valence-corrected chi connectivity index (χ3v) is 3.96. The first-order valence-electron chi connectivity index (χ1n) is 7.13. The molecule has 0 spiro atoms. The van der Waals surface area contributed by atoms with Crippen LogP contribution in [-0.2, 0) is 17.4 Å². The van der Waals surface area contributed by atoms with Gasteiger partial charge in [-0.25, -0.2) is 4.79 Å². The number of nitrogens with one attached hydrogen (secondary N) is 1. The lowest BCUT2D eigenvalue weighted by molar-refractivity contribution is -0.139. The molecule has 8 heteroatoms. The molecule has 2 aromatic rings. The Morgan fingerprint density at radius 3 is 2.24 bits per heavy atom. The van der Waals surface area contributed by atoms with Crippen LogP contribution >= 0.6 is 15.9 Å². The zero-order valence-electron chi connectivity index (χ0n) is 12.7. The normalized spacial score (nSPS) is 12.5. The summed E-state index contributed by atoms with van der Waals surface area (Å²) in [5.74, 6) is -2.42. The number of carboxylic acids is 1. The fourth-order valence-corrected chi connectivity index (χ4v) is 2.48. The lowest BCUT2D eigenvalue weighted by atomic mass is 10.0. The number of amides is 1. The highest BCUT2D eigenvalue weighted by atomic mass is 79.9. The van der Waals surface area contributed by atoms with Gasteiger partial charge in [0.2, 0.25) is 0 Å². The predicted octanol–water partition coefficient (Wildman–Crippen LogP) is 3.89. The van der Waals surface area contributed by atoms with E-state index < -0.39 is 35.2 Å². The summed E-state index contributed by atoms with van der Waals surface area (Å²) in [5, 5.41) is 11.4. The van der Waals surface area contributed by atoms with Crippen LogP contribution in [0.4, 0.5) is 13.2 Å². The van der Waals surface area contributed by atoms with Crippen LogP contribution < -0.4 is 5.32 Å². The quantitative estimate of drug-likeness (QED) is 0.778. The molecule has 4 nitrogen and oxygen atoms in total. The molecule has 0 saturated heterocycles. The van der Waals surface area contributed by atoms with Crippen LogP contribution in [0.3, 0.4) is 0 Å². The summed E-state index contributed by atoms with van der Waals surface area (Å²) in [5.41, 5.74) is -1.10. The van der Waals surface area contributed by atoms with Gasteiger partial charge in [-0.05, 0) is 29.8 Å². The van der Waals surface area contributed by atoms with E-state index in [-0.39, 0.29) is 6.42 Å². The fraction of sp³-hybridized carbons (Fsp3) is 0.176. The van der Waals surface area contributed by atoms with Gasteiger partial charge in [0.15, 0.2) is 0 Å². The van der Waals surface area contributed by atoms with Crippen molar-refractivity contribution in [1.82, 2.24) is 5.32 Å². The smallest absolute Gasteiger partial charge is 0.417 e. The molecule has 0 fully saturated rings. The molecule has 1 amide bonds. The summed E-state index contributed by atoms with van der Waals surface area (Å²) in [6, 6.07) is 9.62. The van der Waals surface area contributed by atoms with E-state index in [0.717, 1.165) is 22.7 Å². The number of carbonyl (C=O) groups excluding carboxylic acids is 1. The summed E-state index contributed by atoms with van der Waals surface area (Å²) in [6.45, 7) is 0. The number of halogens is 4. The van der Waals surface area contributed by atoms with Crippen LogP contribution in [0.1, 0.15) is 21.5 Å². The van der Waals surface area contributed by atoms with E-state index in [0.29, 0.717) is 5.56 Å².